The first kappa shape index (κ1) is 24.6. The van der Waals surface area contributed by atoms with Crippen LogP contribution >= 0.6 is 0 Å². The molecule has 11 heteroatoms. The maximum absolute atomic E-state index is 13.5. The summed E-state index contributed by atoms with van der Waals surface area (Å²) < 4.78 is 42.1. The van der Waals surface area contributed by atoms with E-state index in [2.05, 4.69) is 10.4 Å². The zero-order valence-corrected chi connectivity index (χ0v) is 19.8. The summed E-state index contributed by atoms with van der Waals surface area (Å²) in [5.41, 5.74) is -0.336. The number of nitrogens with zero attached hydrogens (tertiary/aromatic N) is 5. The Kier molecular flexibility index (Phi) is 6.25. The Morgan fingerprint density at radius 1 is 1.23 bits per heavy atom. The molecule has 1 unspecified atom stereocenters. The van der Waals surface area contributed by atoms with Crippen molar-refractivity contribution in [1.29, 1.82) is 5.26 Å². The third-order valence-corrected chi connectivity index (χ3v) is 7.27. The van der Waals surface area contributed by atoms with Gasteiger partial charge in [-0.1, -0.05) is 0 Å². The summed E-state index contributed by atoms with van der Waals surface area (Å²) >= 11 is 0. The van der Waals surface area contributed by atoms with Crippen LogP contribution in [0, 0.1) is 29.6 Å². The Labute approximate surface area is 201 Å². The Bertz CT molecular complexity index is 1190. The molecule has 0 aliphatic carbocycles. The molecule has 2 fully saturated rings. The van der Waals surface area contributed by atoms with E-state index in [0.717, 1.165) is 11.8 Å². The van der Waals surface area contributed by atoms with Gasteiger partial charge in [-0.25, -0.2) is 0 Å². The average molecular weight is 489 g/mol. The van der Waals surface area contributed by atoms with Crippen molar-refractivity contribution >= 4 is 17.5 Å². The van der Waals surface area contributed by atoms with Crippen LogP contribution in [-0.2, 0) is 18.0 Å². The van der Waals surface area contributed by atoms with Gasteiger partial charge in [0.15, 0.2) is 0 Å². The number of carbonyl (C=O) groups is 2. The van der Waals surface area contributed by atoms with E-state index in [1.54, 1.807) is 40.7 Å². The van der Waals surface area contributed by atoms with Gasteiger partial charge in [0.25, 0.3) is 5.91 Å². The molecule has 1 atom stereocenters. The number of benzene rings is 1. The van der Waals surface area contributed by atoms with Crippen molar-refractivity contribution in [1.82, 2.24) is 20.0 Å². The third kappa shape index (κ3) is 4.45. The van der Waals surface area contributed by atoms with Crippen molar-refractivity contribution in [2.75, 3.05) is 38.1 Å². The van der Waals surface area contributed by atoms with Crippen LogP contribution in [-0.4, -0.2) is 59.7 Å². The number of halogens is 3. The SMILES string of the molecule is CNC(=O)C1CN(c2ccc(C#N)c(C(F)(F)F)c2)CC12CCN(C(=O)c1cc(C)nn1C)CC2. The van der Waals surface area contributed by atoms with Crippen molar-refractivity contribution < 1.29 is 22.8 Å². The van der Waals surface area contributed by atoms with E-state index in [4.69, 9.17) is 5.26 Å². The Hall–Kier alpha value is -3.55. The first-order chi connectivity index (χ1) is 16.5. The first-order valence-corrected chi connectivity index (χ1v) is 11.4. The number of rotatable bonds is 3. The molecule has 0 radical (unpaired) electrons. The molecule has 8 nitrogen and oxygen atoms in total. The summed E-state index contributed by atoms with van der Waals surface area (Å²) in [6, 6.07) is 7.00. The number of nitriles is 1. The van der Waals surface area contributed by atoms with E-state index >= 15 is 0 Å². The van der Waals surface area contributed by atoms with Crippen LogP contribution in [0.2, 0.25) is 0 Å². The fourth-order valence-corrected chi connectivity index (χ4v) is 5.40. The van der Waals surface area contributed by atoms with Gasteiger partial charge in [-0.3, -0.25) is 14.3 Å². The number of hydrogen-bond acceptors (Lipinski definition) is 5. The van der Waals surface area contributed by atoms with Gasteiger partial charge in [-0.05, 0) is 44.0 Å². The van der Waals surface area contributed by atoms with Crippen LogP contribution in [0.4, 0.5) is 18.9 Å². The molecule has 2 saturated heterocycles. The standard InChI is InChI=1S/C24H27F3N6O2/c1-15-10-20(31(3)30-15)22(35)32-8-6-23(7-9-32)14-33(13-19(23)21(34)29-2)17-5-4-16(12-28)18(11-17)24(25,26)27/h4-5,10-11,19H,6-9,13-14H2,1-3H3,(H,29,34). The van der Waals surface area contributed by atoms with Gasteiger partial charge in [0, 0.05) is 51.4 Å². The number of piperidine rings is 1. The van der Waals surface area contributed by atoms with Gasteiger partial charge >= 0.3 is 6.18 Å². The lowest BCUT2D eigenvalue weighted by Crippen LogP contribution is -2.49. The number of aryl methyl sites for hydroxylation is 2. The highest BCUT2D eigenvalue weighted by Gasteiger charge is 2.51. The molecule has 3 heterocycles. The first-order valence-electron chi connectivity index (χ1n) is 11.4. The van der Waals surface area contributed by atoms with Crippen molar-refractivity contribution in [2.24, 2.45) is 18.4 Å². The van der Waals surface area contributed by atoms with Crippen LogP contribution in [0.5, 0.6) is 0 Å². The fraction of sp³-hybridized carbons (Fsp3) is 0.500. The highest BCUT2D eigenvalue weighted by atomic mass is 19.4. The van der Waals surface area contributed by atoms with Gasteiger partial charge < -0.3 is 15.1 Å². The smallest absolute Gasteiger partial charge is 0.370 e. The van der Waals surface area contributed by atoms with Crippen LogP contribution in [0.15, 0.2) is 24.3 Å². The average Bonchev–Trinajstić information content (AvgIpc) is 3.36. The van der Waals surface area contributed by atoms with Gasteiger partial charge in [-0.15, -0.1) is 0 Å². The second kappa shape index (κ2) is 8.91. The molecule has 0 bridgehead atoms. The van der Waals surface area contributed by atoms with E-state index < -0.39 is 28.6 Å². The molecule has 186 valence electrons. The Morgan fingerprint density at radius 2 is 1.91 bits per heavy atom. The third-order valence-electron chi connectivity index (χ3n) is 7.27. The maximum atomic E-state index is 13.5. The minimum atomic E-state index is -4.66. The zero-order chi connectivity index (χ0) is 25.5. The van der Waals surface area contributed by atoms with E-state index in [1.165, 1.54) is 12.1 Å². The zero-order valence-electron chi connectivity index (χ0n) is 19.8. The number of hydrogen-bond donors (Lipinski definition) is 1. The maximum Gasteiger partial charge on any atom is 0.417 e. The van der Waals surface area contributed by atoms with E-state index in [0.29, 0.717) is 43.9 Å². The molecule has 1 spiro atoms. The van der Waals surface area contributed by atoms with Crippen LogP contribution in [0.25, 0.3) is 0 Å². The summed E-state index contributed by atoms with van der Waals surface area (Å²) in [6.07, 6.45) is -3.56. The molecule has 0 saturated carbocycles. The van der Waals surface area contributed by atoms with Crippen LogP contribution in [0.1, 0.15) is 40.2 Å². The lowest BCUT2D eigenvalue weighted by molar-refractivity contribution is -0.137. The molecule has 2 amide bonds. The predicted octanol–water partition coefficient (Wildman–Crippen LogP) is 2.72. The van der Waals surface area contributed by atoms with Gasteiger partial charge in [0.1, 0.15) is 5.69 Å². The van der Waals surface area contributed by atoms with Crippen molar-refractivity contribution in [2.45, 2.75) is 25.9 Å². The number of likely N-dealkylation sites (tertiary alicyclic amines) is 1. The normalized spacial score (nSPS) is 19.6. The van der Waals surface area contributed by atoms with Crippen molar-refractivity contribution in [3.05, 3.63) is 46.8 Å². The second-order valence-corrected chi connectivity index (χ2v) is 9.34. The molecule has 1 aromatic heterocycles. The molecule has 35 heavy (non-hydrogen) atoms. The quantitative estimate of drug-likeness (QED) is 0.717. The summed E-state index contributed by atoms with van der Waals surface area (Å²) in [7, 11) is 3.26. The molecular formula is C24H27F3N6O2. The summed E-state index contributed by atoms with van der Waals surface area (Å²) in [4.78, 5) is 29.4. The molecular weight excluding hydrogens is 461 g/mol. The minimum absolute atomic E-state index is 0.129. The number of aromatic nitrogens is 2. The topological polar surface area (TPSA) is 94.3 Å². The number of carbonyl (C=O) groups excluding carboxylic acids is 2. The molecule has 4 rings (SSSR count). The van der Waals surface area contributed by atoms with Gasteiger partial charge in [-0.2, -0.15) is 23.5 Å². The number of amides is 2. The predicted molar refractivity (Wildman–Crippen MR) is 121 cm³/mol. The Balaban J connectivity index is 1.58. The molecule has 2 aliphatic heterocycles. The number of anilines is 1. The highest BCUT2D eigenvalue weighted by Crippen LogP contribution is 2.47. The van der Waals surface area contributed by atoms with E-state index in [9.17, 15) is 22.8 Å². The van der Waals surface area contributed by atoms with Gasteiger partial charge in [0.05, 0.1) is 28.8 Å². The van der Waals surface area contributed by atoms with E-state index in [1.807, 2.05) is 6.92 Å². The Morgan fingerprint density at radius 3 is 2.46 bits per heavy atom. The molecule has 1 aromatic carbocycles. The van der Waals surface area contributed by atoms with Crippen LogP contribution in [0.3, 0.4) is 0 Å². The lowest BCUT2D eigenvalue weighted by Gasteiger charge is -2.42. The van der Waals surface area contributed by atoms with E-state index in [-0.39, 0.29) is 18.4 Å². The summed E-state index contributed by atoms with van der Waals surface area (Å²) in [5.74, 6) is -0.732. The summed E-state index contributed by atoms with van der Waals surface area (Å²) in [6.45, 7) is 3.34. The molecule has 2 aromatic rings. The second-order valence-electron chi connectivity index (χ2n) is 9.34. The number of nitrogens with one attached hydrogen (secondary N) is 1. The largest absolute Gasteiger partial charge is 0.417 e. The minimum Gasteiger partial charge on any atom is -0.370 e. The molecule has 2 aliphatic rings. The van der Waals surface area contributed by atoms with Crippen molar-refractivity contribution in [3.63, 3.8) is 0 Å². The lowest BCUT2D eigenvalue weighted by atomic mass is 9.70. The monoisotopic (exact) mass is 488 g/mol. The highest BCUT2D eigenvalue weighted by molar-refractivity contribution is 5.92. The van der Waals surface area contributed by atoms with Crippen molar-refractivity contribution in [3.8, 4) is 6.07 Å². The fourth-order valence-electron chi connectivity index (χ4n) is 5.40. The van der Waals surface area contributed by atoms with Gasteiger partial charge in [0.2, 0.25) is 5.91 Å². The van der Waals surface area contributed by atoms with Crippen LogP contribution < -0.4 is 10.2 Å². The summed E-state index contributed by atoms with van der Waals surface area (Å²) in [5, 5.41) is 16.0. The number of alkyl halides is 3. The molecule has 1 N–H and O–H groups in total.